The average molecular weight is 164 g/mol. The summed E-state index contributed by atoms with van der Waals surface area (Å²) >= 11 is 6.42. The smallest absolute Gasteiger partial charge is 0.0956 e. The maximum absolute atomic E-state index is 2.14. The third-order valence-electron chi connectivity index (χ3n) is 1.40. The molecule has 0 spiro atoms. The van der Waals surface area contributed by atoms with Crippen molar-refractivity contribution in [3.8, 4) is 0 Å². The molecule has 2 bridgehead atoms. The van der Waals surface area contributed by atoms with Gasteiger partial charge in [0.25, 0.3) is 0 Å². The molecule has 3 fully saturated rings. The first-order chi connectivity index (χ1) is 3.95. The molecule has 3 aliphatic heterocycles. The molecule has 3 heteroatoms. The lowest BCUT2D eigenvalue weighted by Gasteiger charge is -2.33. The Kier molecular flexibility index (Phi) is 1.71. The predicted molar refractivity (Wildman–Crippen MR) is 44.7 cm³/mol. The first-order valence-electron chi connectivity index (χ1n) is 2.80. The molecule has 0 nitrogen and oxygen atoms in total. The monoisotopic (exact) mass is 164 g/mol. The molecule has 0 radical (unpaired) electrons. The summed E-state index contributed by atoms with van der Waals surface area (Å²) in [5.74, 6) is 5.35. The fourth-order valence-electron chi connectivity index (χ4n) is 0.933. The van der Waals surface area contributed by atoms with Crippen molar-refractivity contribution in [2.24, 2.45) is 5.92 Å². The second-order valence-corrected chi connectivity index (χ2v) is 6.46. The van der Waals surface area contributed by atoms with Crippen LogP contribution in [0.25, 0.3) is 0 Å². The van der Waals surface area contributed by atoms with Crippen molar-refractivity contribution < 1.29 is 0 Å². The van der Waals surface area contributed by atoms with Gasteiger partial charge in [0.05, 0.1) is 3.91 Å². The Morgan fingerprint density at radius 2 is 1.38 bits per heavy atom. The molecule has 0 N–H and O–H groups in total. The van der Waals surface area contributed by atoms with Crippen LogP contribution < -0.4 is 0 Å². The van der Waals surface area contributed by atoms with Gasteiger partial charge in [-0.2, -0.15) is 0 Å². The van der Waals surface area contributed by atoms with Gasteiger partial charge in [-0.3, -0.25) is 0 Å². The highest BCUT2D eigenvalue weighted by molar-refractivity contribution is 8.33. The van der Waals surface area contributed by atoms with Crippen LogP contribution in [-0.2, 0) is 0 Å². The minimum absolute atomic E-state index is 0.903. The normalized spacial score (nSPS) is 45.0. The van der Waals surface area contributed by atoms with Gasteiger partial charge in [-0.25, -0.2) is 0 Å². The number of hydrogen-bond donors (Lipinski definition) is 0. The molecule has 0 unspecified atom stereocenters. The lowest BCUT2D eigenvalue weighted by Crippen LogP contribution is -2.24. The molecule has 3 saturated heterocycles. The van der Waals surface area contributed by atoms with Crippen LogP contribution in [-0.4, -0.2) is 21.2 Å². The summed E-state index contributed by atoms with van der Waals surface area (Å²) in [6.07, 6.45) is 0. The van der Waals surface area contributed by atoms with Crippen LogP contribution >= 0.6 is 35.3 Å². The van der Waals surface area contributed by atoms with Crippen molar-refractivity contribution >= 4 is 35.3 Å². The SMILES string of the molecule is C1SC2SCC1CS2. The molecule has 8 heavy (non-hydrogen) atoms. The fraction of sp³-hybridized carbons (Fsp3) is 1.00. The van der Waals surface area contributed by atoms with Gasteiger partial charge >= 0.3 is 0 Å². The Labute approximate surface area is 62.6 Å². The highest BCUT2D eigenvalue weighted by Gasteiger charge is 2.28. The molecule has 3 aliphatic rings. The maximum atomic E-state index is 2.14. The van der Waals surface area contributed by atoms with E-state index >= 15 is 0 Å². The van der Waals surface area contributed by atoms with E-state index in [1.807, 2.05) is 0 Å². The Balaban J connectivity index is 2.03. The van der Waals surface area contributed by atoms with E-state index in [2.05, 4.69) is 35.3 Å². The van der Waals surface area contributed by atoms with Crippen LogP contribution in [0.2, 0.25) is 0 Å². The highest BCUT2D eigenvalue weighted by Crippen LogP contribution is 2.47. The fourth-order valence-corrected chi connectivity index (χ4v) is 5.94. The Hall–Kier alpha value is 1.05. The summed E-state index contributed by atoms with van der Waals surface area (Å²) < 4.78 is 0.903. The van der Waals surface area contributed by atoms with E-state index in [1.165, 1.54) is 17.3 Å². The van der Waals surface area contributed by atoms with Gasteiger partial charge in [-0.05, 0) is 23.2 Å². The van der Waals surface area contributed by atoms with Crippen LogP contribution in [0.3, 0.4) is 0 Å². The van der Waals surface area contributed by atoms with Crippen molar-refractivity contribution in [2.75, 3.05) is 17.3 Å². The van der Waals surface area contributed by atoms with E-state index in [9.17, 15) is 0 Å². The van der Waals surface area contributed by atoms with E-state index in [1.54, 1.807) is 0 Å². The van der Waals surface area contributed by atoms with Gasteiger partial charge < -0.3 is 0 Å². The molecule has 3 heterocycles. The number of thioether (sulfide) groups is 3. The summed E-state index contributed by atoms with van der Waals surface area (Å²) in [5.41, 5.74) is 0. The Morgan fingerprint density at radius 1 is 0.875 bits per heavy atom. The Morgan fingerprint density at radius 3 is 1.50 bits per heavy atom. The van der Waals surface area contributed by atoms with Crippen molar-refractivity contribution in [3.63, 3.8) is 0 Å². The first kappa shape index (κ1) is 5.81. The van der Waals surface area contributed by atoms with Crippen LogP contribution in [0.1, 0.15) is 0 Å². The summed E-state index contributed by atoms with van der Waals surface area (Å²) in [6, 6.07) is 0. The third kappa shape index (κ3) is 1.00. The largest absolute Gasteiger partial charge is 0.136 e. The second kappa shape index (κ2) is 2.35. The standard InChI is InChI=1S/C5H8S3/c1-4-2-7-5(6-1)8-3-4/h4-5H,1-3H2. The summed E-state index contributed by atoms with van der Waals surface area (Å²) in [5, 5.41) is 0. The number of rotatable bonds is 0. The molecule has 0 atom stereocenters. The maximum Gasteiger partial charge on any atom is 0.0956 e. The summed E-state index contributed by atoms with van der Waals surface area (Å²) in [4.78, 5) is 0. The molecule has 0 aromatic carbocycles. The van der Waals surface area contributed by atoms with Gasteiger partial charge in [0.2, 0.25) is 0 Å². The van der Waals surface area contributed by atoms with E-state index < -0.39 is 0 Å². The zero-order valence-electron chi connectivity index (χ0n) is 4.50. The van der Waals surface area contributed by atoms with Crippen LogP contribution in [0, 0.1) is 5.92 Å². The van der Waals surface area contributed by atoms with Crippen LogP contribution in [0.15, 0.2) is 0 Å². The molecule has 0 aromatic heterocycles. The Bertz CT molecular complexity index is 62.7. The summed E-state index contributed by atoms with van der Waals surface area (Å²) in [6.45, 7) is 0. The zero-order chi connectivity index (χ0) is 5.40. The quantitative estimate of drug-likeness (QED) is 0.538. The van der Waals surface area contributed by atoms with Crippen molar-refractivity contribution in [1.82, 2.24) is 0 Å². The van der Waals surface area contributed by atoms with Gasteiger partial charge in [-0.15, -0.1) is 35.3 Å². The average Bonchev–Trinajstić information content (AvgIpc) is 1.92. The van der Waals surface area contributed by atoms with Gasteiger partial charge in [0, 0.05) is 0 Å². The third-order valence-corrected chi connectivity index (χ3v) is 6.66. The zero-order valence-corrected chi connectivity index (χ0v) is 6.95. The molecule has 0 saturated carbocycles. The molecule has 0 amide bonds. The second-order valence-electron chi connectivity index (χ2n) is 2.15. The van der Waals surface area contributed by atoms with Crippen molar-refractivity contribution in [1.29, 1.82) is 0 Å². The van der Waals surface area contributed by atoms with Crippen LogP contribution in [0.4, 0.5) is 0 Å². The minimum Gasteiger partial charge on any atom is -0.136 e. The highest BCUT2D eigenvalue weighted by atomic mass is 32.3. The van der Waals surface area contributed by atoms with E-state index in [4.69, 9.17) is 0 Å². The first-order valence-corrected chi connectivity index (χ1v) is 5.94. The van der Waals surface area contributed by atoms with Gasteiger partial charge in [-0.1, -0.05) is 0 Å². The lowest BCUT2D eigenvalue weighted by molar-refractivity contribution is 0.766. The molecular formula is C5H8S3. The van der Waals surface area contributed by atoms with Crippen molar-refractivity contribution in [3.05, 3.63) is 0 Å². The van der Waals surface area contributed by atoms with Gasteiger partial charge in [0.1, 0.15) is 0 Å². The topological polar surface area (TPSA) is 0 Å². The molecule has 0 aromatic rings. The van der Waals surface area contributed by atoms with Gasteiger partial charge in [0.15, 0.2) is 0 Å². The molecular weight excluding hydrogens is 156 g/mol. The lowest BCUT2D eigenvalue weighted by atomic mass is 10.3. The van der Waals surface area contributed by atoms with E-state index in [0.29, 0.717) is 0 Å². The number of hydrogen-bond acceptors (Lipinski definition) is 3. The minimum atomic E-state index is 0.903. The van der Waals surface area contributed by atoms with Crippen molar-refractivity contribution in [2.45, 2.75) is 3.91 Å². The summed E-state index contributed by atoms with van der Waals surface area (Å²) in [7, 11) is 0. The predicted octanol–water partition coefficient (Wildman–Crippen LogP) is 2.11. The molecule has 46 valence electrons. The van der Waals surface area contributed by atoms with E-state index in [-0.39, 0.29) is 0 Å². The van der Waals surface area contributed by atoms with Crippen LogP contribution in [0.5, 0.6) is 0 Å². The molecule has 0 aliphatic carbocycles. The number of fused-ring (bicyclic) bond motifs is 3. The molecule has 3 rings (SSSR count). The van der Waals surface area contributed by atoms with E-state index in [0.717, 1.165) is 9.83 Å².